The van der Waals surface area contributed by atoms with Crippen LogP contribution in [0.5, 0.6) is 0 Å². The van der Waals surface area contributed by atoms with Crippen LogP contribution < -0.4 is 15.1 Å². The van der Waals surface area contributed by atoms with Crippen LogP contribution in [0.1, 0.15) is 30.0 Å². The third-order valence-corrected chi connectivity index (χ3v) is 6.54. The predicted molar refractivity (Wildman–Crippen MR) is 101 cm³/mol. The zero-order valence-electron chi connectivity index (χ0n) is 14.8. The van der Waals surface area contributed by atoms with Crippen molar-refractivity contribution in [1.82, 2.24) is 0 Å². The minimum Gasteiger partial charge on any atom is -0.377 e. The summed E-state index contributed by atoms with van der Waals surface area (Å²) in [7, 11) is 4.42. The summed E-state index contributed by atoms with van der Waals surface area (Å²) >= 11 is 0. The fraction of sp³-hybridized carbons (Fsp3) is 0.429. The Morgan fingerprint density at radius 1 is 0.958 bits per heavy atom. The van der Waals surface area contributed by atoms with E-state index >= 15 is 0 Å². The van der Waals surface area contributed by atoms with Crippen LogP contribution in [0.2, 0.25) is 0 Å². The van der Waals surface area contributed by atoms with Gasteiger partial charge >= 0.3 is 0 Å². The van der Waals surface area contributed by atoms with Crippen LogP contribution in [-0.4, -0.2) is 25.8 Å². The molecule has 1 atom stereocenters. The highest BCUT2D eigenvalue weighted by Crippen LogP contribution is 2.50. The van der Waals surface area contributed by atoms with E-state index in [1.165, 1.54) is 46.6 Å². The summed E-state index contributed by atoms with van der Waals surface area (Å²) in [5, 5.41) is 4.02. The largest absolute Gasteiger partial charge is 0.377 e. The number of aryl methyl sites for hydroxylation is 1. The highest BCUT2D eigenvalue weighted by Gasteiger charge is 2.42. The zero-order valence-corrected chi connectivity index (χ0v) is 14.8. The average Bonchev–Trinajstić information content (AvgIpc) is 3.05. The molecule has 2 aromatic carbocycles. The van der Waals surface area contributed by atoms with E-state index in [9.17, 15) is 0 Å². The minimum atomic E-state index is 0.205. The molecule has 0 saturated carbocycles. The van der Waals surface area contributed by atoms with Gasteiger partial charge in [-0.15, -0.1) is 0 Å². The summed E-state index contributed by atoms with van der Waals surface area (Å²) < 4.78 is 0. The molecule has 124 valence electrons. The maximum absolute atomic E-state index is 4.02. The normalized spacial score (nSPS) is 23.0. The molecule has 0 aromatic heterocycles. The first-order chi connectivity index (χ1) is 11.6. The molecule has 1 aliphatic carbocycles. The molecular formula is C21H25N3. The summed E-state index contributed by atoms with van der Waals surface area (Å²) in [6.07, 6.45) is 5.12. The number of fused-ring (bicyclic) bond motifs is 4. The number of benzene rings is 2. The Bertz CT molecular complexity index is 801. The van der Waals surface area contributed by atoms with Gasteiger partial charge in [0.05, 0.1) is 23.2 Å². The highest BCUT2D eigenvalue weighted by molar-refractivity contribution is 5.90. The first-order valence-electron chi connectivity index (χ1n) is 9.04. The third-order valence-electron chi connectivity index (χ3n) is 6.54. The Morgan fingerprint density at radius 2 is 1.67 bits per heavy atom. The quantitative estimate of drug-likeness (QED) is 0.796. The topological polar surface area (TPSA) is 18.5 Å². The van der Waals surface area contributed by atoms with Crippen LogP contribution in [0.4, 0.5) is 17.1 Å². The second-order valence-electron chi connectivity index (χ2n) is 7.85. The Kier molecular flexibility index (Phi) is 2.77. The number of hydrogen-bond acceptors (Lipinski definition) is 3. The molecular weight excluding hydrogens is 294 g/mol. The molecule has 3 heteroatoms. The Morgan fingerprint density at radius 3 is 2.38 bits per heavy atom. The molecule has 2 aromatic rings. The van der Waals surface area contributed by atoms with Crippen molar-refractivity contribution in [3.05, 3.63) is 53.1 Å². The van der Waals surface area contributed by atoms with Crippen molar-refractivity contribution >= 4 is 17.1 Å². The standard InChI is InChI=1S/C21H25N3/c1-14-23(2)18-9-8-15-10-11-21(22-19(15)20(18)24(14)3)12-16-6-4-5-7-17(16)13-21/h4-9,14,22H,10-13H2,1-3H3. The Hall–Kier alpha value is -2.16. The first kappa shape index (κ1) is 14.2. The lowest BCUT2D eigenvalue weighted by Gasteiger charge is -2.38. The van der Waals surface area contributed by atoms with Crippen LogP contribution in [0.15, 0.2) is 36.4 Å². The van der Waals surface area contributed by atoms with Gasteiger partial charge in [0.25, 0.3) is 0 Å². The molecule has 1 unspecified atom stereocenters. The van der Waals surface area contributed by atoms with Gasteiger partial charge in [-0.05, 0) is 55.4 Å². The minimum absolute atomic E-state index is 0.205. The van der Waals surface area contributed by atoms with Gasteiger partial charge in [-0.3, -0.25) is 0 Å². The third kappa shape index (κ3) is 1.78. The van der Waals surface area contributed by atoms with Crippen LogP contribution in [0.25, 0.3) is 0 Å². The molecule has 2 aliphatic heterocycles. The molecule has 1 N–H and O–H groups in total. The molecule has 0 saturated heterocycles. The molecule has 3 nitrogen and oxygen atoms in total. The first-order valence-corrected chi connectivity index (χ1v) is 9.04. The van der Waals surface area contributed by atoms with Gasteiger partial charge in [0.15, 0.2) is 0 Å². The zero-order chi connectivity index (χ0) is 16.5. The van der Waals surface area contributed by atoms with Crippen molar-refractivity contribution in [2.75, 3.05) is 29.2 Å². The van der Waals surface area contributed by atoms with Crippen molar-refractivity contribution in [2.45, 2.75) is 44.3 Å². The van der Waals surface area contributed by atoms with Crippen LogP contribution in [0.3, 0.4) is 0 Å². The summed E-state index contributed by atoms with van der Waals surface area (Å²) in [5.74, 6) is 0. The summed E-state index contributed by atoms with van der Waals surface area (Å²) in [5.41, 5.74) is 8.85. The molecule has 2 heterocycles. The number of nitrogens with one attached hydrogen (secondary N) is 1. The fourth-order valence-electron chi connectivity index (χ4n) is 4.92. The lowest BCUT2D eigenvalue weighted by Crippen LogP contribution is -2.43. The molecule has 3 aliphatic rings. The highest BCUT2D eigenvalue weighted by atomic mass is 15.4. The van der Waals surface area contributed by atoms with E-state index in [0.717, 1.165) is 12.8 Å². The van der Waals surface area contributed by atoms with E-state index in [2.05, 4.69) is 72.5 Å². The molecule has 0 bridgehead atoms. The van der Waals surface area contributed by atoms with E-state index < -0.39 is 0 Å². The molecule has 1 spiro atoms. The van der Waals surface area contributed by atoms with Gasteiger partial charge < -0.3 is 15.1 Å². The lowest BCUT2D eigenvalue weighted by atomic mass is 9.83. The lowest BCUT2D eigenvalue weighted by molar-refractivity contribution is 0.440. The van der Waals surface area contributed by atoms with Gasteiger partial charge in [-0.2, -0.15) is 0 Å². The van der Waals surface area contributed by atoms with E-state index in [0.29, 0.717) is 6.17 Å². The van der Waals surface area contributed by atoms with E-state index in [1.54, 1.807) is 0 Å². The molecule has 24 heavy (non-hydrogen) atoms. The Balaban J connectivity index is 1.58. The van der Waals surface area contributed by atoms with Crippen molar-refractivity contribution < 1.29 is 0 Å². The average molecular weight is 319 g/mol. The Labute approximate surface area is 144 Å². The van der Waals surface area contributed by atoms with Gasteiger partial charge in [-0.1, -0.05) is 30.3 Å². The number of hydrogen-bond donors (Lipinski definition) is 1. The predicted octanol–water partition coefficient (Wildman–Crippen LogP) is 3.81. The maximum Gasteiger partial charge on any atom is 0.0983 e. The molecule has 0 radical (unpaired) electrons. The summed E-state index contributed by atoms with van der Waals surface area (Å²) in [6.45, 7) is 2.27. The van der Waals surface area contributed by atoms with Crippen molar-refractivity contribution in [1.29, 1.82) is 0 Å². The summed E-state index contributed by atoms with van der Waals surface area (Å²) in [6, 6.07) is 13.6. The van der Waals surface area contributed by atoms with E-state index in [-0.39, 0.29) is 5.54 Å². The second kappa shape index (κ2) is 4.69. The fourth-order valence-corrected chi connectivity index (χ4v) is 4.92. The van der Waals surface area contributed by atoms with Crippen molar-refractivity contribution in [3.8, 4) is 0 Å². The molecule has 0 fully saturated rings. The monoisotopic (exact) mass is 319 g/mol. The SMILES string of the molecule is CC1N(C)c2ccc3c(c2N1C)NC1(CC3)Cc2ccccc2C1. The smallest absolute Gasteiger partial charge is 0.0983 e. The maximum atomic E-state index is 4.02. The van der Waals surface area contributed by atoms with Gasteiger partial charge in [0, 0.05) is 19.6 Å². The van der Waals surface area contributed by atoms with E-state index in [1.807, 2.05) is 0 Å². The second-order valence-corrected chi connectivity index (χ2v) is 7.85. The molecule has 0 amide bonds. The molecule has 5 rings (SSSR count). The van der Waals surface area contributed by atoms with Crippen LogP contribution >= 0.6 is 0 Å². The van der Waals surface area contributed by atoms with Gasteiger partial charge in [-0.25, -0.2) is 0 Å². The number of rotatable bonds is 0. The van der Waals surface area contributed by atoms with Crippen LogP contribution in [0, 0.1) is 0 Å². The summed E-state index contributed by atoms with van der Waals surface area (Å²) in [4.78, 5) is 4.80. The van der Waals surface area contributed by atoms with Gasteiger partial charge in [0.1, 0.15) is 0 Å². The number of anilines is 3. The van der Waals surface area contributed by atoms with Crippen molar-refractivity contribution in [2.24, 2.45) is 0 Å². The van der Waals surface area contributed by atoms with E-state index in [4.69, 9.17) is 0 Å². The number of nitrogens with zero attached hydrogens (tertiary/aromatic N) is 2. The van der Waals surface area contributed by atoms with Crippen molar-refractivity contribution in [3.63, 3.8) is 0 Å². The van der Waals surface area contributed by atoms with Gasteiger partial charge in [0.2, 0.25) is 0 Å². The van der Waals surface area contributed by atoms with Crippen LogP contribution in [-0.2, 0) is 19.3 Å².